The van der Waals surface area contributed by atoms with E-state index in [0.29, 0.717) is 25.1 Å². The minimum atomic E-state index is -0.213. The largest absolute Gasteiger partial charge is 0.466 e. The van der Waals surface area contributed by atoms with Crippen LogP contribution < -0.4 is 0 Å². The number of ether oxygens (including phenoxy) is 1. The summed E-state index contributed by atoms with van der Waals surface area (Å²) in [6.07, 6.45) is 1.66. The minimum absolute atomic E-state index is 0.213. The lowest BCUT2D eigenvalue weighted by atomic mass is 10.2. The topological polar surface area (TPSA) is 59.2 Å². The number of hydrogen-bond acceptors (Lipinski definition) is 3. The van der Waals surface area contributed by atoms with Crippen LogP contribution in [0.25, 0.3) is 0 Å². The van der Waals surface area contributed by atoms with Crippen molar-refractivity contribution < 1.29 is 14.3 Å². The molecule has 4 nitrogen and oxygen atoms in total. The van der Waals surface area contributed by atoms with Crippen LogP contribution in [0.5, 0.6) is 0 Å². The molecule has 0 aliphatic heterocycles. The first-order valence-electron chi connectivity index (χ1n) is 4.55. The molecule has 0 saturated carbocycles. The van der Waals surface area contributed by atoms with Crippen molar-refractivity contribution >= 4 is 12.3 Å². The molecule has 0 unspecified atom stereocenters. The van der Waals surface area contributed by atoms with Crippen molar-refractivity contribution in [2.45, 2.75) is 19.8 Å². The second-order valence-corrected chi connectivity index (χ2v) is 2.86. The van der Waals surface area contributed by atoms with Gasteiger partial charge in [-0.3, -0.25) is 9.59 Å². The van der Waals surface area contributed by atoms with Crippen molar-refractivity contribution in [3.8, 4) is 0 Å². The number of aromatic amines is 1. The van der Waals surface area contributed by atoms with Crippen LogP contribution in [0.4, 0.5) is 0 Å². The summed E-state index contributed by atoms with van der Waals surface area (Å²) in [5.41, 5.74) is 1.41. The van der Waals surface area contributed by atoms with Gasteiger partial charge < -0.3 is 9.72 Å². The van der Waals surface area contributed by atoms with E-state index in [2.05, 4.69) is 4.98 Å². The molecule has 0 atom stereocenters. The van der Waals surface area contributed by atoms with Crippen LogP contribution >= 0.6 is 0 Å². The highest BCUT2D eigenvalue weighted by Crippen LogP contribution is 2.03. The zero-order valence-electron chi connectivity index (χ0n) is 8.08. The number of aldehydes is 1. The molecule has 0 saturated heterocycles. The van der Waals surface area contributed by atoms with Crippen molar-refractivity contribution in [2.24, 2.45) is 0 Å². The van der Waals surface area contributed by atoms with E-state index in [-0.39, 0.29) is 5.97 Å². The Hall–Kier alpha value is -1.58. The highest BCUT2D eigenvalue weighted by atomic mass is 16.5. The lowest BCUT2D eigenvalue weighted by molar-refractivity contribution is -0.143. The predicted octanol–water partition coefficient (Wildman–Crippen LogP) is 1.32. The average Bonchev–Trinajstić information content (AvgIpc) is 2.63. The Morgan fingerprint density at radius 3 is 2.93 bits per heavy atom. The van der Waals surface area contributed by atoms with Gasteiger partial charge >= 0.3 is 5.97 Å². The van der Waals surface area contributed by atoms with Crippen LogP contribution in [0.15, 0.2) is 12.1 Å². The number of rotatable bonds is 5. The maximum Gasteiger partial charge on any atom is 0.306 e. The van der Waals surface area contributed by atoms with Crippen molar-refractivity contribution in [1.82, 2.24) is 4.98 Å². The summed E-state index contributed by atoms with van der Waals surface area (Å²) in [5.74, 6) is -0.213. The van der Waals surface area contributed by atoms with E-state index in [1.807, 2.05) is 0 Å². The monoisotopic (exact) mass is 195 g/mol. The third-order valence-electron chi connectivity index (χ3n) is 1.80. The van der Waals surface area contributed by atoms with Gasteiger partial charge in [0.25, 0.3) is 0 Å². The molecule has 0 aliphatic rings. The number of esters is 1. The van der Waals surface area contributed by atoms with Crippen LogP contribution in [-0.2, 0) is 16.0 Å². The summed E-state index contributed by atoms with van der Waals surface area (Å²) in [6.45, 7) is 2.18. The van der Waals surface area contributed by atoms with E-state index in [9.17, 15) is 9.59 Å². The number of hydrogen-bond donors (Lipinski definition) is 1. The molecule has 4 heteroatoms. The fraction of sp³-hybridized carbons (Fsp3) is 0.400. The maximum absolute atomic E-state index is 11.0. The normalized spacial score (nSPS) is 9.79. The van der Waals surface area contributed by atoms with E-state index < -0.39 is 0 Å². The van der Waals surface area contributed by atoms with Gasteiger partial charge in [0.15, 0.2) is 6.29 Å². The van der Waals surface area contributed by atoms with Crippen molar-refractivity contribution in [3.63, 3.8) is 0 Å². The quantitative estimate of drug-likeness (QED) is 0.569. The number of nitrogens with one attached hydrogen (secondary N) is 1. The molecular formula is C10H13NO3. The van der Waals surface area contributed by atoms with Crippen molar-refractivity contribution in [2.75, 3.05) is 6.61 Å². The molecule has 1 aromatic heterocycles. The van der Waals surface area contributed by atoms with Crippen LogP contribution in [0.1, 0.15) is 29.5 Å². The summed E-state index contributed by atoms with van der Waals surface area (Å²) < 4.78 is 4.77. The van der Waals surface area contributed by atoms with Crippen molar-refractivity contribution in [3.05, 3.63) is 23.5 Å². The lowest BCUT2D eigenvalue weighted by Gasteiger charge is -1.99. The summed E-state index contributed by atoms with van der Waals surface area (Å²) in [7, 11) is 0. The minimum Gasteiger partial charge on any atom is -0.466 e. The highest BCUT2D eigenvalue weighted by molar-refractivity contribution is 5.72. The summed E-state index contributed by atoms with van der Waals surface area (Å²) >= 11 is 0. The Morgan fingerprint density at radius 1 is 1.57 bits per heavy atom. The first-order valence-corrected chi connectivity index (χ1v) is 4.55. The second-order valence-electron chi connectivity index (χ2n) is 2.86. The molecule has 76 valence electrons. The van der Waals surface area contributed by atoms with E-state index in [1.54, 1.807) is 19.1 Å². The van der Waals surface area contributed by atoms with Gasteiger partial charge in [-0.05, 0) is 25.5 Å². The first kappa shape index (κ1) is 10.5. The van der Waals surface area contributed by atoms with Crippen LogP contribution in [-0.4, -0.2) is 23.8 Å². The standard InChI is InChI=1S/C10H13NO3/c1-2-14-10(13)6-5-8-3-4-9(7-12)11-8/h3-4,7,11H,2,5-6H2,1H3. The average molecular weight is 195 g/mol. The Bertz CT molecular complexity index is 317. The van der Waals surface area contributed by atoms with Gasteiger partial charge in [0.05, 0.1) is 18.7 Å². The summed E-state index contributed by atoms with van der Waals surface area (Å²) in [6, 6.07) is 3.48. The molecule has 1 heterocycles. The molecule has 0 aromatic carbocycles. The SMILES string of the molecule is CCOC(=O)CCc1ccc(C=O)[nH]1. The molecule has 0 fully saturated rings. The van der Waals surface area contributed by atoms with Gasteiger partial charge in [0, 0.05) is 5.69 Å². The fourth-order valence-corrected chi connectivity index (χ4v) is 1.14. The number of carbonyl (C=O) groups excluding carboxylic acids is 2. The molecule has 1 aromatic rings. The first-order chi connectivity index (χ1) is 6.76. The molecule has 14 heavy (non-hydrogen) atoms. The zero-order chi connectivity index (χ0) is 10.4. The molecule has 0 aliphatic carbocycles. The molecule has 0 radical (unpaired) electrons. The second kappa shape index (κ2) is 5.21. The highest BCUT2D eigenvalue weighted by Gasteiger charge is 2.03. The van der Waals surface area contributed by atoms with Gasteiger partial charge in [-0.1, -0.05) is 0 Å². The Kier molecular flexibility index (Phi) is 3.91. The number of aryl methyl sites for hydroxylation is 1. The van der Waals surface area contributed by atoms with Crippen LogP contribution in [0.2, 0.25) is 0 Å². The third kappa shape index (κ3) is 3.05. The summed E-state index contributed by atoms with van der Waals surface area (Å²) in [5, 5.41) is 0. The van der Waals surface area contributed by atoms with E-state index in [0.717, 1.165) is 12.0 Å². The van der Waals surface area contributed by atoms with Crippen molar-refractivity contribution in [1.29, 1.82) is 0 Å². The van der Waals surface area contributed by atoms with Gasteiger partial charge in [-0.25, -0.2) is 0 Å². The molecule has 0 spiro atoms. The molecule has 1 N–H and O–H groups in total. The molecule has 0 amide bonds. The molecule has 1 rings (SSSR count). The molecular weight excluding hydrogens is 182 g/mol. The smallest absolute Gasteiger partial charge is 0.306 e. The van der Waals surface area contributed by atoms with E-state index in [4.69, 9.17) is 4.74 Å². The predicted molar refractivity (Wildman–Crippen MR) is 51.1 cm³/mol. The Balaban J connectivity index is 2.37. The van der Waals surface area contributed by atoms with E-state index >= 15 is 0 Å². The van der Waals surface area contributed by atoms with Crippen LogP contribution in [0.3, 0.4) is 0 Å². The van der Waals surface area contributed by atoms with Gasteiger partial charge in [0.2, 0.25) is 0 Å². The lowest BCUT2D eigenvalue weighted by Crippen LogP contribution is -2.05. The number of H-pyrrole nitrogens is 1. The molecule has 0 bridgehead atoms. The Morgan fingerprint density at radius 2 is 2.36 bits per heavy atom. The third-order valence-corrected chi connectivity index (χ3v) is 1.80. The maximum atomic E-state index is 11.0. The number of carbonyl (C=O) groups is 2. The Labute approximate surface area is 82.3 Å². The summed E-state index contributed by atoms with van der Waals surface area (Å²) in [4.78, 5) is 24.2. The van der Waals surface area contributed by atoms with Gasteiger partial charge in [-0.2, -0.15) is 0 Å². The van der Waals surface area contributed by atoms with Gasteiger partial charge in [-0.15, -0.1) is 0 Å². The van der Waals surface area contributed by atoms with Gasteiger partial charge in [0.1, 0.15) is 0 Å². The van der Waals surface area contributed by atoms with Crippen LogP contribution in [0, 0.1) is 0 Å². The van der Waals surface area contributed by atoms with E-state index in [1.165, 1.54) is 0 Å². The zero-order valence-corrected chi connectivity index (χ0v) is 8.08. The fourth-order valence-electron chi connectivity index (χ4n) is 1.14. The number of aromatic nitrogens is 1.